The van der Waals surface area contributed by atoms with Crippen LogP contribution in [0.15, 0.2) is 30.3 Å². The molecule has 0 bridgehead atoms. The molecule has 0 aliphatic heterocycles. The fourth-order valence-corrected chi connectivity index (χ4v) is 3.34. The standard InChI is InChI=1S/C24H36N4O8/c1-4-13(2)19(27-21(32)16(25)10-11-18(30)31)23(34)26-17(12-15-8-6-5-7-9-15)22(33)28-20(14(3)29)24(35)36/h5-9,13-14,16-17,19-20,29H,4,10-12,25H2,1-3H3,(H,26,34)(H,27,32)(H,28,33)(H,30,31)(H,35,36). The minimum Gasteiger partial charge on any atom is -0.481 e. The Kier molecular flexibility index (Phi) is 12.5. The second kappa shape index (κ2) is 14.8. The molecule has 0 heterocycles. The van der Waals surface area contributed by atoms with Gasteiger partial charge in [-0.15, -0.1) is 0 Å². The maximum absolute atomic E-state index is 13.2. The van der Waals surface area contributed by atoms with Gasteiger partial charge in [0.15, 0.2) is 6.04 Å². The molecule has 0 aliphatic rings. The molecular weight excluding hydrogens is 472 g/mol. The number of nitrogens with two attached hydrogens (primary N) is 1. The van der Waals surface area contributed by atoms with Crippen LogP contribution in [-0.4, -0.2) is 75.3 Å². The van der Waals surface area contributed by atoms with Crippen LogP contribution >= 0.6 is 0 Å². The SMILES string of the molecule is CCC(C)C(NC(=O)C(N)CCC(=O)O)C(=O)NC(Cc1ccccc1)C(=O)NC(C(=O)O)C(C)O. The number of nitrogens with one attached hydrogen (secondary N) is 3. The van der Waals surface area contributed by atoms with Crippen molar-refractivity contribution in [1.82, 2.24) is 16.0 Å². The van der Waals surface area contributed by atoms with Crippen LogP contribution in [0.2, 0.25) is 0 Å². The Hall–Kier alpha value is -3.51. The van der Waals surface area contributed by atoms with Crippen molar-refractivity contribution >= 4 is 29.7 Å². The predicted octanol–water partition coefficient (Wildman–Crippen LogP) is -0.613. The molecule has 36 heavy (non-hydrogen) atoms. The molecule has 0 saturated heterocycles. The van der Waals surface area contributed by atoms with Gasteiger partial charge in [-0.25, -0.2) is 4.79 Å². The lowest BCUT2D eigenvalue weighted by Gasteiger charge is -2.28. The smallest absolute Gasteiger partial charge is 0.328 e. The highest BCUT2D eigenvalue weighted by Gasteiger charge is 2.33. The number of aliphatic hydroxyl groups is 1. The number of aliphatic carboxylic acids is 2. The van der Waals surface area contributed by atoms with Crippen molar-refractivity contribution in [3.8, 4) is 0 Å². The van der Waals surface area contributed by atoms with E-state index in [1.54, 1.807) is 44.2 Å². The average Bonchev–Trinajstić information content (AvgIpc) is 2.83. The van der Waals surface area contributed by atoms with E-state index in [0.29, 0.717) is 12.0 Å². The zero-order valence-electron chi connectivity index (χ0n) is 20.6. The topological polar surface area (TPSA) is 208 Å². The number of rotatable bonds is 15. The van der Waals surface area contributed by atoms with Gasteiger partial charge in [0.25, 0.3) is 0 Å². The Labute approximate surface area is 209 Å². The number of hydrogen-bond acceptors (Lipinski definition) is 7. The normalized spacial score (nSPS) is 15.9. The lowest BCUT2D eigenvalue weighted by atomic mass is 9.96. The fraction of sp³-hybridized carbons (Fsp3) is 0.542. The van der Waals surface area contributed by atoms with E-state index in [1.807, 2.05) is 0 Å². The first-order chi connectivity index (χ1) is 16.9. The van der Waals surface area contributed by atoms with Crippen LogP contribution in [0.1, 0.15) is 45.6 Å². The highest BCUT2D eigenvalue weighted by atomic mass is 16.4. The zero-order chi connectivity index (χ0) is 27.4. The minimum absolute atomic E-state index is 0.0177. The Morgan fingerprint density at radius 2 is 1.47 bits per heavy atom. The lowest BCUT2D eigenvalue weighted by Crippen LogP contribution is -2.60. The molecule has 0 spiro atoms. The number of amides is 3. The third-order valence-electron chi connectivity index (χ3n) is 5.76. The van der Waals surface area contributed by atoms with Gasteiger partial charge in [-0.05, 0) is 24.8 Å². The van der Waals surface area contributed by atoms with Crippen molar-refractivity contribution in [1.29, 1.82) is 0 Å². The van der Waals surface area contributed by atoms with Gasteiger partial charge in [0.1, 0.15) is 12.1 Å². The van der Waals surface area contributed by atoms with E-state index in [1.165, 1.54) is 6.92 Å². The zero-order valence-corrected chi connectivity index (χ0v) is 20.6. The second-order valence-electron chi connectivity index (χ2n) is 8.73. The molecule has 3 amide bonds. The number of hydrogen-bond donors (Lipinski definition) is 7. The quantitative estimate of drug-likeness (QED) is 0.161. The summed E-state index contributed by atoms with van der Waals surface area (Å²) < 4.78 is 0. The molecule has 0 radical (unpaired) electrons. The molecule has 0 aromatic heterocycles. The Morgan fingerprint density at radius 3 is 1.97 bits per heavy atom. The highest BCUT2D eigenvalue weighted by Crippen LogP contribution is 2.11. The maximum atomic E-state index is 13.2. The average molecular weight is 509 g/mol. The number of aliphatic hydroxyl groups excluding tert-OH is 1. The summed E-state index contributed by atoms with van der Waals surface area (Å²) in [5, 5.41) is 35.2. The number of carbonyl (C=O) groups is 5. The highest BCUT2D eigenvalue weighted by molar-refractivity contribution is 5.94. The van der Waals surface area contributed by atoms with E-state index in [0.717, 1.165) is 0 Å². The molecule has 1 aromatic carbocycles. The van der Waals surface area contributed by atoms with E-state index in [9.17, 15) is 34.2 Å². The van der Waals surface area contributed by atoms with E-state index in [2.05, 4.69) is 16.0 Å². The molecule has 0 aliphatic carbocycles. The summed E-state index contributed by atoms with van der Waals surface area (Å²) in [6, 6.07) is 3.66. The number of carbonyl (C=O) groups excluding carboxylic acids is 3. The summed E-state index contributed by atoms with van der Waals surface area (Å²) in [5.41, 5.74) is 6.45. The first-order valence-electron chi connectivity index (χ1n) is 11.7. The molecule has 0 saturated carbocycles. The Bertz CT molecular complexity index is 909. The van der Waals surface area contributed by atoms with E-state index in [4.69, 9.17) is 10.8 Å². The van der Waals surface area contributed by atoms with Gasteiger partial charge in [-0.1, -0.05) is 50.6 Å². The summed E-state index contributed by atoms with van der Waals surface area (Å²) in [6.07, 6.45) is -1.32. The molecule has 6 unspecified atom stereocenters. The van der Waals surface area contributed by atoms with Crippen molar-refractivity contribution in [2.24, 2.45) is 11.7 Å². The largest absolute Gasteiger partial charge is 0.481 e. The van der Waals surface area contributed by atoms with Crippen LogP contribution in [0.4, 0.5) is 0 Å². The number of carboxylic acid groups (broad SMARTS) is 2. The third-order valence-corrected chi connectivity index (χ3v) is 5.76. The van der Waals surface area contributed by atoms with Crippen molar-refractivity contribution < 1.29 is 39.3 Å². The van der Waals surface area contributed by atoms with Gasteiger partial charge >= 0.3 is 11.9 Å². The van der Waals surface area contributed by atoms with Crippen LogP contribution in [0.3, 0.4) is 0 Å². The molecule has 6 atom stereocenters. The van der Waals surface area contributed by atoms with Crippen LogP contribution in [0, 0.1) is 5.92 Å². The van der Waals surface area contributed by atoms with Crippen LogP contribution in [0.5, 0.6) is 0 Å². The van der Waals surface area contributed by atoms with Crippen LogP contribution in [-0.2, 0) is 30.4 Å². The molecule has 1 rings (SSSR count). The van der Waals surface area contributed by atoms with Gasteiger partial charge in [-0.3, -0.25) is 19.2 Å². The Balaban J connectivity index is 3.12. The maximum Gasteiger partial charge on any atom is 0.328 e. The van der Waals surface area contributed by atoms with Crippen molar-refractivity contribution in [3.05, 3.63) is 35.9 Å². The number of benzene rings is 1. The number of carboxylic acids is 2. The van der Waals surface area contributed by atoms with E-state index >= 15 is 0 Å². The van der Waals surface area contributed by atoms with Crippen molar-refractivity contribution in [2.75, 3.05) is 0 Å². The van der Waals surface area contributed by atoms with Gasteiger partial charge < -0.3 is 37.0 Å². The van der Waals surface area contributed by atoms with Crippen LogP contribution < -0.4 is 21.7 Å². The van der Waals surface area contributed by atoms with Gasteiger partial charge in [0.2, 0.25) is 17.7 Å². The van der Waals surface area contributed by atoms with Gasteiger partial charge in [0.05, 0.1) is 12.1 Å². The molecule has 8 N–H and O–H groups in total. The molecule has 0 fully saturated rings. The van der Waals surface area contributed by atoms with Crippen molar-refractivity contribution in [3.63, 3.8) is 0 Å². The first-order valence-corrected chi connectivity index (χ1v) is 11.7. The van der Waals surface area contributed by atoms with Gasteiger partial charge in [0, 0.05) is 12.8 Å². The second-order valence-corrected chi connectivity index (χ2v) is 8.73. The molecule has 200 valence electrons. The fourth-order valence-electron chi connectivity index (χ4n) is 3.34. The predicted molar refractivity (Wildman–Crippen MR) is 130 cm³/mol. The summed E-state index contributed by atoms with van der Waals surface area (Å²) in [4.78, 5) is 60.9. The molecular formula is C24H36N4O8. The summed E-state index contributed by atoms with van der Waals surface area (Å²) in [5.74, 6) is -5.15. The Morgan fingerprint density at radius 1 is 0.889 bits per heavy atom. The summed E-state index contributed by atoms with van der Waals surface area (Å²) in [7, 11) is 0. The summed E-state index contributed by atoms with van der Waals surface area (Å²) in [6.45, 7) is 4.73. The van der Waals surface area contributed by atoms with E-state index in [-0.39, 0.29) is 25.2 Å². The van der Waals surface area contributed by atoms with E-state index < -0.39 is 59.9 Å². The molecule has 1 aromatic rings. The monoisotopic (exact) mass is 508 g/mol. The first kappa shape index (κ1) is 30.5. The molecule has 12 nitrogen and oxygen atoms in total. The third kappa shape index (κ3) is 10.0. The van der Waals surface area contributed by atoms with Crippen molar-refractivity contribution in [2.45, 2.75) is 76.7 Å². The summed E-state index contributed by atoms with van der Waals surface area (Å²) >= 11 is 0. The van der Waals surface area contributed by atoms with Crippen LogP contribution in [0.25, 0.3) is 0 Å². The minimum atomic E-state index is -1.59. The molecule has 12 heteroatoms. The van der Waals surface area contributed by atoms with Gasteiger partial charge in [-0.2, -0.15) is 0 Å². The lowest BCUT2D eigenvalue weighted by molar-refractivity contribution is -0.145.